The standard InChI is InChI=1S/C43H70N2O7S/c1-26(2)28-12-17-43(44-24-27(25-46)45-20-22-53(50,51)23-21-45)19-18-41(8)29(33(28)43)10-11-31-40(7)15-14-32(38(3,4)30(40)13-16-42(31,41)9)52-37(49)35-34(36(47)48)39(35,5)6/h27-35,44,46H,1,10-25H2,2-9H3,(H,47,48)/t27-,28+,29-,30+,31-,32+,33-,34+,35-,40+,41-,42-,43+/m1/s1. The van der Waals surface area contributed by atoms with Gasteiger partial charge in [-0.25, -0.2) is 8.42 Å². The lowest BCUT2D eigenvalue weighted by atomic mass is 9.32. The number of aliphatic hydroxyl groups excluding tert-OH is 1. The predicted octanol–water partition coefficient (Wildman–Crippen LogP) is 6.35. The summed E-state index contributed by atoms with van der Waals surface area (Å²) in [7, 11) is -2.99. The zero-order chi connectivity index (χ0) is 38.7. The van der Waals surface area contributed by atoms with E-state index in [0.29, 0.717) is 49.2 Å². The van der Waals surface area contributed by atoms with E-state index in [1.54, 1.807) is 0 Å². The third kappa shape index (κ3) is 5.94. The zero-order valence-electron chi connectivity index (χ0n) is 34.0. The second-order valence-electron chi connectivity index (χ2n) is 21.1. The van der Waals surface area contributed by atoms with E-state index in [1.807, 2.05) is 13.8 Å². The molecule has 0 radical (unpaired) electrons. The molecular weight excluding hydrogens is 689 g/mol. The maximum atomic E-state index is 13.5. The molecular formula is C43H70N2O7S. The van der Waals surface area contributed by atoms with Gasteiger partial charge in [0.1, 0.15) is 6.10 Å². The van der Waals surface area contributed by atoms with Crippen molar-refractivity contribution >= 4 is 21.8 Å². The SMILES string of the molecule is C=C(C)[C@@H]1CC[C@]2(NC[C@H](CO)N3CCS(=O)(=O)CC3)CC[C@]3(C)[C@H](CC[C@@H]4[C@@]5(C)CC[C@H](OC(=O)[C@H]6[C@@H](C(=O)O)C6(C)C)C(C)(C)[C@@H]5CC[C@]43C)[C@@H]12. The Hall–Kier alpha value is -1.49. The minimum Gasteiger partial charge on any atom is -0.481 e. The van der Waals surface area contributed by atoms with E-state index in [0.717, 1.165) is 38.5 Å². The fourth-order valence-corrected chi connectivity index (χ4v) is 16.3. The number of carboxylic acids is 1. The molecule has 0 aromatic carbocycles. The molecule has 1 saturated heterocycles. The van der Waals surface area contributed by atoms with Gasteiger partial charge in [-0.3, -0.25) is 14.5 Å². The van der Waals surface area contributed by atoms with Crippen molar-refractivity contribution in [2.24, 2.45) is 68.5 Å². The molecule has 7 aliphatic rings. The van der Waals surface area contributed by atoms with Crippen LogP contribution in [0.1, 0.15) is 120 Å². The summed E-state index contributed by atoms with van der Waals surface area (Å²) in [6, 6.07) is -0.0895. The minimum absolute atomic E-state index is 0.00687. The summed E-state index contributed by atoms with van der Waals surface area (Å²) in [6.07, 6.45) is 10.9. The van der Waals surface area contributed by atoms with Gasteiger partial charge in [0, 0.05) is 36.6 Å². The summed E-state index contributed by atoms with van der Waals surface area (Å²) in [5.74, 6) is 0.379. The van der Waals surface area contributed by atoms with Crippen molar-refractivity contribution in [3.8, 4) is 0 Å². The van der Waals surface area contributed by atoms with Crippen LogP contribution in [0.5, 0.6) is 0 Å². The lowest BCUT2D eigenvalue weighted by molar-refractivity contribution is -0.246. The third-order valence-electron chi connectivity index (χ3n) is 18.4. The molecule has 0 aromatic heterocycles. The van der Waals surface area contributed by atoms with Gasteiger partial charge in [-0.15, -0.1) is 0 Å². The molecule has 9 nitrogen and oxygen atoms in total. The first kappa shape index (κ1) is 39.7. The molecule has 0 aromatic rings. The number of rotatable bonds is 9. The summed E-state index contributed by atoms with van der Waals surface area (Å²) >= 11 is 0. The monoisotopic (exact) mass is 758 g/mol. The fraction of sp³-hybridized carbons (Fsp3) is 0.907. The first-order valence-electron chi connectivity index (χ1n) is 21.0. The summed E-state index contributed by atoms with van der Waals surface area (Å²) in [5, 5.41) is 24.4. The highest BCUT2D eigenvalue weighted by Crippen LogP contribution is 2.76. The Balaban J connectivity index is 1.11. The number of carbonyl (C=O) groups is 2. The third-order valence-corrected chi connectivity index (χ3v) is 20.0. The average molecular weight is 759 g/mol. The number of nitrogens with zero attached hydrogens (tertiary/aromatic N) is 1. The van der Waals surface area contributed by atoms with E-state index >= 15 is 0 Å². The minimum atomic E-state index is -2.99. The molecule has 6 saturated carbocycles. The fourth-order valence-electron chi connectivity index (χ4n) is 15.1. The van der Waals surface area contributed by atoms with E-state index < -0.39 is 33.1 Å². The summed E-state index contributed by atoms with van der Waals surface area (Å²) in [4.78, 5) is 27.5. The van der Waals surface area contributed by atoms with Crippen molar-refractivity contribution in [3.63, 3.8) is 0 Å². The lowest BCUT2D eigenvalue weighted by Crippen LogP contribution is -2.69. The summed E-state index contributed by atoms with van der Waals surface area (Å²) < 4.78 is 30.6. The van der Waals surface area contributed by atoms with Crippen molar-refractivity contribution in [2.45, 2.75) is 137 Å². The van der Waals surface area contributed by atoms with Crippen LogP contribution >= 0.6 is 0 Å². The predicted molar refractivity (Wildman–Crippen MR) is 207 cm³/mol. The molecule has 6 aliphatic carbocycles. The van der Waals surface area contributed by atoms with Crippen molar-refractivity contribution in [1.29, 1.82) is 0 Å². The van der Waals surface area contributed by atoms with Crippen LogP contribution in [-0.4, -0.2) is 90.9 Å². The van der Waals surface area contributed by atoms with Gasteiger partial charge in [0.2, 0.25) is 0 Å². The van der Waals surface area contributed by atoms with Gasteiger partial charge in [0.15, 0.2) is 9.84 Å². The Morgan fingerprint density at radius 3 is 2.13 bits per heavy atom. The van der Waals surface area contributed by atoms with E-state index in [-0.39, 0.29) is 63.4 Å². The van der Waals surface area contributed by atoms with Crippen molar-refractivity contribution in [1.82, 2.24) is 10.2 Å². The first-order chi connectivity index (χ1) is 24.6. The van der Waals surface area contributed by atoms with Crippen LogP contribution < -0.4 is 5.32 Å². The van der Waals surface area contributed by atoms with Gasteiger partial charge in [0.05, 0.1) is 29.9 Å². The number of aliphatic hydroxyl groups is 1. The molecule has 3 N–H and O–H groups in total. The molecule has 7 fully saturated rings. The number of esters is 1. The Bertz CT molecular complexity index is 1600. The number of carbonyl (C=O) groups excluding carboxylic acids is 1. The van der Waals surface area contributed by atoms with Crippen molar-refractivity contribution in [3.05, 3.63) is 12.2 Å². The maximum Gasteiger partial charge on any atom is 0.310 e. The van der Waals surface area contributed by atoms with E-state index in [4.69, 9.17) is 4.74 Å². The number of sulfone groups is 1. The normalized spacial score (nSPS) is 47.2. The van der Waals surface area contributed by atoms with Crippen LogP contribution in [0.4, 0.5) is 0 Å². The van der Waals surface area contributed by atoms with Crippen LogP contribution in [-0.2, 0) is 24.2 Å². The molecule has 300 valence electrons. The smallest absolute Gasteiger partial charge is 0.310 e. The van der Waals surface area contributed by atoms with Gasteiger partial charge in [-0.1, -0.05) is 60.6 Å². The molecule has 10 heteroatoms. The Morgan fingerprint density at radius 1 is 0.849 bits per heavy atom. The topological polar surface area (TPSA) is 133 Å². The van der Waals surface area contributed by atoms with Gasteiger partial charge < -0.3 is 20.3 Å². The van der Waals surface area contributed by atoms with Crippen LogP contribution in [0, 0.1) is 68.5 Å². The maximum absolute atomic E-state index is 13.5. The Labute approximate surface area is 319 Å². The van der Waals surface area contributed by atoms with Gasteiger partial charge >= 0.3 is 11.9 Å². The van der Waals surface area contributed by atoms with Gasteiger partial charge in [-0.05, 0) is 122 Å². The Morgan fingerprint density at radius 2 is 1.53 bits per heavy atom. The molecule has 1 aliphatic heterocycles. The number of hydrogen-bond donors (Lipinski definition) is 3. The van der Waals surface area contributed by atoms with E-state index in [9.17, 15) is 28.2 Å². The van der Waals surface area contributed by atoms with Crippen molar-refractivity contribution in [2.75, 3.05) is 37.7 Å². The average Bonchev–Trinajstić information content (AvgIpc) is 3.46. The Kier molecular flexibility index (Phi) is 9.76. The molecule has 0 spiro atoms. The molecule has 13 atom stereocenters. The second-order valence-corrected chi connectivity index (χ2v) is 23.5. The highest BCUT2D eigenvalue weighted by atomic mass is 32.2. The number of ether oxygens (including phenoxy) is 1. The highest BCUT2D eigenvalue weighted by Gasteiger charge is 2.72. The van der Waals surface area contributed by atoms with E-state index in [2.05, 4.69) is 58.3 Å². The van der Waals surface area contributed by atoms with Gasteiger partial charge in [0.25, 0.3) is 0 Å². The molecule has 0 amide bonds. The van der Waals surface area contributed by atoms with E-state index in [1.165, 1.54) is 31.3 Å². The largest absolute Gasteiger partial charge is 0.481 e. The lowest BCUT2D eigenvalue weighted by Gasteiger charge is -2.73. The number of fused-ring (bicyclic) bond motifs is 7. The molecule has 0 unspecified atom stereocenters. The number of nitrogens with one attached hydrogen (secondary N) is 1. The number of aliphatic carboxylic acids is 1. The van der Waals surface area contributed by atoms with Crippen LogP contribution in [0.2, 0.25) is 0 Å². The summed E-state index contributed by atoms with van der Waals surface area (Å²) in [6.45, 7) is 24.7. The van der Waals surface area contributed by atoms with Crippen LogP contribution in [0.25, 0.3) is 0 Å². The first-order valence-corrected chi connectivity index (χ1v) is 22.8. The molecule has 1 heterocycles. The van der Waals surface area contributed by atoms with Crippen molar-refractivity contribution < 1.29 is 33.0 Å². The zero-order valence-corrected chi connectivity index (χ0v) is 34.8. The second kappa shape index (κ2) is 13.0. The highest BCUT2D eigenvalue weighted by molar-refractivity contribution is 7.91. The number of carboxylic acid groups (broad SMARTS) is 1. The molecule has 0 bridgehead atoms. The number of allylic oxidation sites excluding steroid dienone is 1. The van der Waals surface area contributed by atoms with Gasteiger partial charge in [-0.2, -0.15) is 0 Å². The van der Waals surface area contributed by atoms with Crippen LogP contribution in [0.3, 0.4) is 0 Å². The van der Waals surface area contributed by atoms with Crippen LogP contribution in [0.15, 0.2) is 12.2 Å². The quantitative estimate of drug-likeness (QED) is 0.182. The summed E-state index contributed by atoms with van der Waals surface area (Å²) in [5.41, 5.74) is 0.996. The molecule has 7 rings (SSSR count). The number of hydrogen-bond acceptors (Lipinski definition) is 8. The molecule has 53 heavy (non-hydrogen) atoms.